The fraction of sp³-hybridized carbons (Fsp3) is 0.444. The molecule has 2 amide bonds. The summed E-state index contributed by atoms with van der Waals surface area (Å²) in [5.74, 6) is 1.76. The number of ether oxygens (including phenoxy) is 1. The van der Waals surface area contributed by atoms with Crippen LogP contribution in [0.3, 0.4) is 0 Å². The zero-order valence-electron chi connectivity index (χ0n) is 20.4. The van der Waals surface area contributed by atoms with Crippen LogP contribution in [0.1, 0.15) is 24.8 Å². The van der Waals surface area contributed by atoms with Crippen molar-refractivity contribution in [3.8, 4) is 5.75 Å². The summed E-state index contributed by atoms with van der Waals surface area (Å²) in [5.41, 5.74) is 2.87. The van der Waals surface area contributed by atoms with Crippen LogP contribution in [0.4, 0.5) is 16.3 Å². The summed E-state index contributed by atoms with van der Waals surface area (Å²) in [6.45, 7) is 9.03. The average molecular weight is 475 g/mol. The van der Waals surface area contributed by atoms with Gasteiger partial charge in [-0.2, -0.15) is 0 Å². The summed E-state index contributed by atoms with van der Waals surface area (Å²) in [5, 5.41) is 4.00. The van der Waals surface area contributed by atoms with E-state index < -0.39 is 0 Å². The highest BCUT2D eigenvalue weighted by molar-refractivity contribution is 5.91. The second-order valence-corrected chi connectivity index (χ2v) is 9.40. The van der Waals surface area contributed by atoms with Crippen LogP contribution in [0.25, 0.3) is 10.9 Å². The molecule has 1 N–H and O–H groups in total. The van der Waals surface area contributed by atoms with Gasteiger partial charge in [-0.05, 0) is 63.5 Å². The van der Waals surface area contributed by atoms with Gasteiger partial charge in [-0.25, -0.2) is 14.8 Å². The largest absolute Gasteiger partial charge is 0.493 e. The van der Waals surface area contributed by atoms with Crippen molar-refractivity contribution in [2.24, 2.45) is 0 Å². The van der Waals surface area contributed by atoms with Crippen molar-refractivity contribution in [3.63, 3.8) is 0 Å². The molecule has 0 aliphatic carbocycles. The molecule has 0 saturated carbocycles. The normalized spacial score (nSPS) is 16.6. The number of likely N-dealkylation sites (tertiary alicyclic amines) is 1. The van der Waals surface area contributed by atoms with E-state index in [4.69, 9.17) is 4.74 Å². The number of aryl methyl sites for hydroxylation is 1. The number of urea groups is 1. The Hall–Kier alpha value is -3.39. The molecule has 2 aliphatic rings. The predicted molar refractivity (Wildman–Crippen MR) is 139 cm³/mol. The number of carbonyl (C=O) groups excluding carboxylic acids is 1. The van der Waals surface area contributed by atoms with Gasteiger partial charge in [0.05, 0.1) is 12.1 Å². The topological polar surface area (TPSA) is 73.8 Å². The van der Waals surface area contributed by atoms with Crippen LogP contribution in [0.5, 0.6) is 5.75 Å². The Morgan fingerprint density at radius 1 is 0.971 bits per heavy atom. The third kappa shape index (κ3) is 5.82. The molecule has 5 rings (SSSR count). The molecule has 8 nitrogen and oxygen atoms in total. The highest BCUT2D eigenvalue weighted by Crippen LogP contribution is 2.27. The maximum Gasteiger partial charge on any atom is 0.321 e. The van der Waals surface area contributed by atoms with E-state index in [1.54, 1.807) is 6.33 Å². The molecular weight excluding hydrogens is 440 g/mol. The summed E-state index contributed by atoms with van der Waals surface area (Å²) in [7, 11) is 0. The minimum atomic E-state index is -0.0624. The number of hydrogen-bond donors (Lipinski definition) is 1. The number of hydrogen-bond acceptors (Lipinski definition) is 6. The third-order valence-corrected chi connectivity index (χ3v) is 6.84. The number of rotatable bonds is 7. The molecule has 0 unspecified atom stereocenters. The van der Waals surface area contributed by atoms with E-state index >= 15 is 0 Å². The first-order valence-electron chi connectivity index (χ1n) is 12.6. The second-order valence-electron chi connectivity index (χ2n) is 9.40. The van der Waals surface area contributed by atoms with E-state index in [1.807, 2.05) is 48.2 Å². The van der Waals surface area contributed by atoms with Crippen molar-refractivity contribution >= 4 is 28.4 Å². The Bertz CT molecular complexity index is 1140. The van der Waals surface area contributed by atoms with E-state index in [0.29, 0.717) is 19.7 Å². The Labute approximate surface area is 206 Å². The number of anilines is 2. The molecule has 0 atom stereocenters. The summed E-state index contributed by atoms with van der Waals surface area (Å²) >= 11 is 0. The Balaban J connectivity index is 1.16. The first-order chi connectivity index (χ1) is 17.2. The van der Waals surface area contributed by atoms with Crippen LogP contribution < -0.4 is 15.0 Å². The standard InChI is InChI=1S/C27H34N6O2/c1-21-5-7-22(8-6-21)30-27(34)33-16-14-32(15-17-33)26-24-10-9-23(19-25(24)28-20-29-26)35-18-4-13-31-11-2-3-12-31/h5-10,19-20H,2-4,11-18H2,1H3,(H,30,34). The van der Waals surface area contributed by atoms with E-state index in [0.717, 1.165) is 54.2 Å². The highest BCUT2D eigenvalue weighted by atomic mass is 16.5. The number of nitrogens with zero attached hydrogens (tertiary/aromatic N) is 5. The SMILES string of the molecule is Cc1ccc(NC(=O)N2CCN(c3ncnc4cc(OCCCN5CCCC5)ccc34)CC2)cc1. The summed E-state index contributed by atoms with van der Waals surface area (Å²) in [4.78, 5) is 28.3. The minimum absolute atomic E-state index is 0.0624. The summed E-state index contributed by atoms with van der Waals surface area (Å²) < 4.78 is 6.00. The molecule has 3 heterocycles. The summed E-state index contributed by atoms with van der Waals surface area (Å²) in [6, 6.07) is 13.9. The number of benzene rings is 2. The molecule has 0 bridgehead atoms. The fourth-order valence-electron chi connectivity index (χ4n) is 4.81. The Morgan fingerprint density at radius 2 is 1.74 bits per heavy atom. The maximum absolute atomic E-state index is 12.7. The van der Waals surface area contributed by atoms with Crippen LogP contribution in [0.15, 0.2) is 48.8 Å². The van der Waals surface area contributed by atoms with E-state index in [-0.39, 0.29) is 6.03 Å². The van der Waals surface area contributed by atoms with Gasteiger partial charge in [0, 0.05) is 49.9 Å². The quantitative estimate of drug-likeness (QED) is 0.519. The molecule has 1 aromatic heterocycles. The molecule has 0 spiro atoms. The average Bonchev–Trinajstić information content (AvgIpc) is 3.41. The first-order valence-corrected chi connectivity index (χ1v) is 12.6. The van der Waals surface area contributed by atoms with E-state index in [2.05, 4.69) is 31.2 Å². The summed E-state index contributed by atoms with van der Waals surface area (Å²) in [6.07, 6.45) is 5.30. The van der Waals surface area contributed by atoms with Gasteiger partial charge < -0.3 is 24.8 Å². The molecule has 35 heavy (non-hydrogen) atoms. The van der Waals surface area contributed by atoms with Gasteiger partial charge in [0.1, 0.15) is 17.9 Å². The highest BCUT2D eigenvalue weighted by Gasteiger charge is 2.23. The van der Waals surface area contributed by atoms with Gasteiger partial charge in [-0.1, -0.05) is 17.7 Å². The molecular formula is C27H34N6O2. The monoisotopic (exact) mass is 474 g/mol. The van der Waals surface area contributed by atoms with E-state index in [9.17, 15) is 4.79 Å². The number of fused-ring (bicyclic) bond motifs is 1. The maximum atomic E-state index is 12.7. The number of carbonyl (C=O) groups is 1. The molecule has 184 valence electrons. The predicted octanol–water partition coefficient (Wildman–Crippen LogP) is 4.16. The van der Waals surface area contributed by atoms with Crippen molar-refractivity contribution in [1.29, 1.82) is 0 Å². The molecule has 3 aromatic rings. The minimum Gasteiger partial charge on any atom is -0.493 e. The molecule has 2 fully saturated rings. The van der Waals surface area contributed by atoms with Gasteiger partial charge in [-0.15, -0.1) is 0 Å². The lowest BCUT2D eigenvalue weighted by molar-refractivity contribution is 0.208. The second kappa shape index (κ2) is 10.9. The number of aromatic nitrogens is 2. The lowest BCUT2D eigenvalue weighted by Crippen LogP contribution is -2.50. The van der Waals surface area contributed by atoms with Gasteiger partial charge >= 0.3 is 6.03 Å². The molecule has 2 aliphatic heterocycles. The van der Waals surface area contributed by atoms with Crippen molar-refractivity contribution in [2.45, 2.75) is 26.2 Å². The zero-order chi connectivity index (χ0) is 24.0. The fourth-order valence-corrected chi connectivity index (χ4v) is 4.81. The van der Waals surface area contributed by atoms with Crippen LogP contribution in [0.2, 0.25) is 0 Å². The Kier molecular flexibility index (Phi) is 7.28. The van der Waals surface area contributed by atoms with Crippen molar-refractivity contribution in [3.05, 3.63) is 54.4 Å². The third-order valence-electron chi connectivity index (χ3n) is 6.84. The number of nitrogens with one attached hydrogen (secondary N) is 1. The molecule has 0 radical (unpaired) electrons. The smallest absolute Gasteiger partial charge is 0.321 e. The van der Waals surface area contributed by atoms with Gasteiger partial charge in [-0.3, -0.25) is 0 Å². The van der Waals surface area contributed by atoms with Crippen LogP contribution in [-0.4, -0.2) is 78.2 Å². The number of amides is 2. The van der Waals surface area contributed by atoms with Gasteiger partial charge in [0.15, 0.2) is 0 Å². The molecule has 2 saturated heterocycles. The Morgan fingerprint density at radius 3 is 2.51 bits per heavy atom. The lowest BCUT2D eigenvalue weighted by atomic mass is 10.2. The van der Waals surface area contributed by atoms with Crippen molar-refractivity contribution in [2.75, 3.05) is 62.6 Å². The van der Waals surface area contributed by atoms with Crippen molar-refractivity contribution in [1.82, 2.24) is 19.8 Å². The first kappa shape index (κ1) is 23.4. The van der Waals surface area contributed by atoms with Crippen LogP contribution >= 0.6 is 0 Å². The lowest BCUT2D eigenvalue weighted by Gasteiger charge is -2.35. The zero-order valence-corrected chi connectivity index (χ0v) is 20.4. The van der Waals surface area contributed by atoms with Crippen molar-refractivity contribution < 1.29 is 9.53 Å². The van der Waals surface area contributed by atoms with Crippen LogP contribution in [-0.2, 0) is 0 Å². The van der Waals surface area contributed by atoms with Crippen LogP contribution in [0, 0.1) is 6.92 Å². The van der Waals surface area contributed by atoms with Gasteiger partial charge in [0.2, 0.25) is 0 Å². The van der Waals surface area contributed by atoms with Gasteiger partial charge in [0.25, 0.3) is 0 Å². The van der Waals surface area contributed by atoms with E-state index in [1.165, 1.54) is 31.5 Å². The molecule has 8 heteroatoms. The molecule has 2 aromatic carbocycles. The number of piperazine rings is 1.